The molecule has 0 radical (unpaired) electrons. The molecule has 5 nitrogen and oxygen atoms in total. The Morgan fingerprint density at radius 3 is 2.56 bits per heavy atom. The maximum Gasteiger partial charge on any atom is 0.207 e. The summed E-state index contributed by atoms with van der Waals surface area (Å²) in [6, 6.07) is 7.44. The van der Waals surface area contributed by atoms with Crippen molar-refractivity contribution in [3.63, 3.8) is 0 Å². The van der Waals surface area contributed by atoms with E-state index in [9.17, 15) is 9.59 Å². The number of carbonyl (C=O) groups is 2. The third-order valence-electron chi connectivity index (χ3n) is 2.91. The van der Waals surface area contributed by atoms with Gasteiger partial charge in [-0.1, -0.05) is 0 Å². The van der Waals surface area contributed by atoms with Gasteiger partial charge < -0.3 is 15.0 Å². The molecule has 1 aromatic rings. The molecule has 2 rings (SSSR count). The van der Waals surface area contributed by atoms with Crippen molar-refractivity contribution >= 4 is 17.9 Å². The van der Waals surface area contributed by atoms with Crippen LogP contribution in [0.3, 0.4) is 0 Å². The molecule has 0 spiro atoms. The molecule has 0 atom stereocenters. The van der Waals surface area contributed by atoms with E-state index in [1.165, 1.54) is 0 Å². The summed E-state index contributed by atoms with van der Waals surface area (Å²) in [5, 5.41) is 2.37. The molecule has 1 N–H and O–H groups in total. The van der Waals surface area contributed by atoms with Crippen LogP contribution in [0.15, 0.2) is 24.3 Å². The second-order valence-corrected chi connectivity index (χ2v) is 4.07. The summed E-state index contributed by atoms with van der Waals surface area (Å²) in [5.74, 6) is -0.0874. The Kier molecular flexibility index (Phi) is 4.30. The summed E-state index contributed by atoms with van der Waals surface area (Å²) >= 11 is 0. The van der Waals surface area contributed by atoms with Crippen molar-refractivity contribution < 1.29 is 14.3 Å². The average molecular weight is 248 g/mol. The molecule has 1 amide bonds. The lowest BCUT2D eigenvalue weighted by molar-refractivity contribution is -0.109. The van der Waals surface area contributed by atoms with Crippen LogP contribution in [0.25, 0.3) is 0 Å². The summed E-state index contributed by atoms with van der Waals surface area (Å²) in [5.41, 5.74) is 1.71. The minimum atomic E-state index is -0.0874. The Morgan fingerprint density at radius 1 is 1.28 bits per heavy atom. The molecule has 1 aliphatic heterocycles. The number of benzene rings is 1. The predicted octanol–water partition coefficient (Wildman–Crippen LogP) is 0.452. The molecule has 96 valence electrons. The third kappa shape index (κ3) is 3.07. The van der Waals surface area contributed by atoms with Crippen LogP contribution < -0.4 is 10.2 Å². The summed E-state index contributed by atoms with van der Waals surface area (Å²) in [6.45, 7) is 3.27. The zero-order valence-electron chi connectivity index (χ0n) is 10.1. The first-order chi connectivity index (χ1) is 8.81. The Hall–Kier alpha value is -1.88. The fourth-order valence-corrected chi connectivity index (χ4v) is 1.92. The molecular weight excluding hydrogens is 232 g/mol. The van der Waals surface area contributed by atoms with Crippen molar-refractivity contribution in [2.75, 3.05) is 37.7 Å². The highest BCUT2D eigenvalue weighted by Crippen LogP contribution is 2.16. The number of carbonyl (C=O) groups excluding carboxylic acids is 2. The molecule has 0 bridgehead atoms. The Bertz CT molecular complexity index is 411. The van der Waals surface area contributed by atoms with Gasteiger partial charge in [-0.15, -0.1) is 0 Å². The standard InChI is InChI=1S/C13H16N2O3/c16-10-14-9-13(17)11-1-3-12(4-2-11)15-5-7-18-8-6-15/h1-4,10H,5-9H2,(H,14,16). The molecule has 0 aliphatic carbocycles. The summed E-state index contributed by atoms with van der Waals surface area (Å²) in [6.07, 6.45) is 0.528. The number of morpholine rings is 1. The molecule has 1 heterocycles. The van der Waals surface area contributed by atoms with Crippen molar-refractivity contribution in [3.05, 3.63) is 29.8 Å². The van der Waals surface area contributed by atoms with Crippen LogP contribution in [-0.2, 0) is 9.53 Å². The van der Waals surface area contributed by atoms with E-state index in [0.29, 0.717) is 12.0 Å². The summed E-state index contributed by atoms with van der Waals surface area (Å²) < 4.78 is 5.29. The lowest BCUT2D eigenvalue weighted by atomic mass is 10.1. The van der Waals surface area contributed by atoms with Crippen molar-refractivity contribution in [2.45, 2.75) is 0 Å². The molecule has 5 heteroatoms. The second kappa shape index (κ2) is 6.16. The second-order valence-electron chi connectivity index (χ2n) is 4.07. The van der Waals surface area contributed by atoms with Gasteiger partial charge in [0.2, 0.25) is 6.41 Å². The van der Waals surface area contributed by atoms with Gasteiger partial charge in [0.05, 0.1) is 19.8 Å². The van der Waals surface area contributed by atoms with E-state index in [1.54, 1.807) is 12.1 Å². The number of nitrogens with one attached hydrogen (secondary N) is 1. The Balaban J connectivity index is 2.00. The number of amides is 1. The molecule has 0 saturated carbocycles. The number of Topliss-reactive ketones (excluding diaryl/α,β-unsaturated/α-hetero) is 1. The third-order valence-corrected chi connectivity index (χ3v) is 2.91. The number of nitrogens with zero attached hydrogens (tertiary/aromatic N) is 1. The van der Waals surface area contributed by atoms with Gasteiger partial charge in [-0.3, -0.25) is 9.59 Å². The number of ketones is 1. The van der Waals surface area contributed by atoms with Crippen LogP contribution >= 0.6 is 0 Å². The lowest BCUT2D eigenvalue weighted by Crippen LogP contribution is -2.36. The van der Waals surface area contributed by atoms with Crippen molar-refractivity contribution in [2.24, 2.45) is 0 Å². The minimum Gasteiger partial charge on any atom is -0.378 e. The number of ether oxygens (including phenoxy) is 1. The highest BCUT2D eigenvalue weighted by molar-refractivity contribution is 5.98. The maximum atomic E-state index is 11.6. The van der Waals surface area contributed by atoms with E-state index in [1.807, 2.05) is 12.1 Å². The highest BCUT2D eigenvalue weighted by Gasteiger charge is 2.11. The number of hydrogen-bond acceptors (Lipinski definition) is 4. The number of anilines is 1. The largest absolute Gasteiger partial charge is 0.378 e. The smallest absolute Gasteiger partial charge is 0.207 e. The zero-order valence-corrected chi connectivity index (χ0v) is 10.1. The normalized spacial score (nSPS) is 15.2. The van der Waals surface area contributed by atoms with Gasteiger partial charge in [0, 0.05) is 24.3 Å². The fraction of sp³-hybridized carbons (Fsp3) is 0.385. The van der Waals surface area contributed by atoms with Gasteiger partial charge in [0.1, 0.15) is 0 Å². The van der Waals surface area contributed by atoms with E-state index < -0.39 is 0 Å². The first-order valence-corrected chi connectivity index (χ1v) is 5.94. The monoisotopic (exact) mass is 248 g/mol. The van der Waals surface area contributed by atoms with Crippen molar-refractivity contribution in [3.8, 4) is 0 Å². The van der Waals surface area contributed by atoms with Gasteiger partial charge in [-0.25, -0.2) is 0 Å². The molecule has 1 fully saturated rings. The van der Waals surface area contributed by atoms with Crippen LogP contribution in [-0.4, -0.2) is 45.0 Å². The molecule has 0 aromatic heterocycles. The topological polar surface area (TPSA) is 58.6 Å². The summed E-state index contributed by atoms with van der Waals surface area (Å²) in [4.78, 5) is 24.0. The van der Waals surface area contributed by atoms with Crippen LogP contribution in [0.1, 0.15) is 10.4 Å². The number of hydrogen-bond donors (Lipinski definition) is 1. The number of rotatable bonds is 5. The van der Waals surface area contributed by atoms with Gasteiger partial charge in [0.25, 0.3) is 0 Å². The molecule has 1 aliphatic rings. The van der Waals surface area contributed by atoms with Gasteiger partial charge in [-0.05, 0) is 24.3 Å². The molecule has 1 saturated heterocycles. The van der Waals surface area contributed by atoms with E-state index in [2.05, 4.69) is 10.2 Å². The van der Waals surface area contributed by atoms with Crippen LogP contribution in [0.2, 0.25) is 0 Å². The van der Waals surface area contributed by atoms with E-state index in [4.69, 9.17) is 4.74 Å². The molecular formula is C13H16N2O3. The van der Waals surface area contributed by atoms with E-state index in [0.717, 1.165) is 32.0 Å². The average Bonchev–Trinajstić information content (AvgIpc) is 2.46. The minimum absolute atomic E-state index is 0.0421. The highest BCUT2D eigenvalue weighted by atomic mass is 16.5. The fourth-order valence-electron chi connectivity index (χ4n) is 1.92. The van der Waals surface area contributed by atoms with Gasteiger partial charge in [-0.2, -0.15) is 0 Å². The van der Waals surface area contributed by atoms with E-state index >= 15 is 0 Å². The zero-order chi connectivity index (χ0) is 12.8. The first kappa shape index (κ1) is 12.6. The summed E-state index contributed by atoms with van der Waals surface area (Å²) in [7, 11) is 0. The van der Waals surface area contributed by atoms with Crippen LogP contribution in [0.4, 0.5) is 5.69 Å². The Morgan fingerprint density at radius 2 is 1.94 bits per heavy atom. The molecule has 18 heavy (non-hydrogen) atoms. The van der Waals surface area contributed by atoms with Crippen LogP contribution in [0.5, 0.6) is 0 Å². The first-order valence-electron chi connectivity index (χ1n) is 5.94. The van der Waals surface area contributed by atoms with Gasteiger partial charge >= 0.3 is 0 Å². The lowest BCUT2D eigenvalue weighted by Gasteiger charge is -2.28. The van der Waals surface area contributed by atoms with Crippen LogP contribution in [0, 0.1) is 0 Å². The van der Waals surface area contributed by atoms with Crippen molar-refractivity contribution in [1.29, 1.82) is 0 Å². The van der Waals surface area contributed by atoms with E-state index in [-0.39, 0.29) is 12.3 Å². The SMILES string of the molecule is O=CNCC(=O)c1ccc(N2CCOCC2)cc1. The van der Waals surface area contributed by atoms with Crippen molar-refractivity contribution in [1.82, 2.24) is 5.32 Å². The predicted molar refractivity (Wildman–Crippen MR) is 67.9 cm³/mol. The Labute approximate surface area is 106 Å². The quantitative estimate of drug-likeness (QED) is 0.607. The maximum absolute atomic E-state index is 11.6. The molecule has 1 aromatic carbocycles. The van der Waals surface area contributed by atoms with Gasteiger partial charge in [0.15, 0.2) is 5.78 Å². The molecule has 0 unspecified atom stereocenters.